The molecule has 9 heteroatoms. The highest BCUT2D eigenvalue weighted by molar-refractivity contribution is 7.19. The van der Waals surface area contributed by atoms with Gasteiger partial charge in [-0.2, -0.15) is 0 Å². The van der Waals surface area contributed by atoms with Crippen molar-refractivity contribution in [3.8, 4) is 0 Å². The van der Waals surface area contributed by atoms with E-state index in [1.807, 2.05) is 6.07 Å². The first-order valence-electron chi connectivity index (χ1n) is 9.43. The number of benzene rings is 2. The van der Waals surface area contributed by atoms with Gasteiger partial charge >= 0.3 is 5.69 Å². The highest BCUT2D eigenvalue weighted by Gasteiger charge is 2.19. The van der Waals surface area contributed by atoms with Gasteiger partial charge in [0.2, 0.25) is 0 Å². The number of amides is 1. The van der Waals surface area contributed by atoms with Crippen LogP contribution >= 0.6 is 11.3 Å². The van der Waals surface area contributed by atoms with Gasteiger partial charge in [-0.1, -0.05) is 42.5 Å². The number of aliphatic hydroxyl groups is 1. The number of nitrogens with zero attached hydrogens (tertiary/aromatic N) is 2. The number of aliphatic hydroxyl groups excluding tert-OH is 1. The molecule has 0 radical (unpaired) electrons. The van der Waals surface area contributed by atoms with Crippen molar-refractivity contribution in [2.24, 2.45) is 0 Å². The van der Waals surface area contributed by atoms with Gasteiger partial charge in [-0.3, -0.25) is 18.6 Å². The fourth-order valence-corrected chi connectivity index (χ4v) is 4.23. The highest BCUT2D eigenvalue weighted by atomic mass is 32.1. The molecule has 4 aromatic rings. The summed E-state index contributed by atoms with van der Waals surface area (Å²) in [7, 11) is 0. The van der Waals surface area contributed by atoms with E-state index in [4.69, 9.17) is 0 Å². The molecule has 1 amide bonds. The second kappa shape index (κ2) is 8.66. The van der Waals surface area contributed by atoms with Crippen LogP contribution < -0.4 is 16.6 Å². The van der Waals surface area contributed by atoms with Crippen LogP contribution in [0.3, 0.4) is 0 Å². The van der Waals surface area contributed by atoms with Crippen LogP contribution in [0.5, 0.6) is 0 Å². The number of aromatic nitrogens is 2. The van der Waals surface area contributed by atoms with Gasteiger partial charge in [-0.05, 0) is 23.3 Å². The third-order valence-electron chi connectivity index (χ3n) is 4.80. The number of carbonyl (C=O) groups is 1. The average molecular weight is 439 g/mol. The number of halogens is 1. The van der Waals surface area contributed by atoms with Gasteiger partial charge in [0.05, 0.1) is 18.7 Å². The van der Waals surface area contributed by atoms with Crippen molar-refractivity contribution < 1.29 is 14.3 Å². The second-order valence-corrected chi connectivity index (χ2v) is 7.91. The Kier molecular flexibility index (Phi) is 5.79. The maximum atomic E-state index is 13.0. The topological polar surface area (TPSA) is 92.8 Å². The molecule has 0 saturated heterocycles. The van der Waals surface area contributed by atoms with Crippen molar-refractivity contribution in [2.45, 2.75) is 19.7 Å². The minimum absolute atomic E-state index is 0.0520. The van der Waals surface area contributed by atoms with Crippen molar-refractivity contribution in [2.75, 3.05) is 0 Å². The van der Waals surface area contributed by atoms with Crippen molar-refractivity contribution in [3.63, 3.8) is 0 Å². The first-order valence-corrected chi connectivity index (χ1v) is 10.2. The predicted molar refractivity (Wildman–Crippen MR) is 115 cm³/mol. The maximum absolute atomic E-state index is 13.0. The molecule has 2 N–H and O–H groups in total. The number of rotatable bonds is 6. The number of nitrogens with one attached hydrogen (secondary N) is 1. The van der Waals surface area contributed by atoms with Crippen LogP contribution in [0.15, 0.2) is 70.4 Å². The first-order chi connectivity index (χ1) is 15.0. The van der Waals surface area contributed by atoms with Gasteiger partial charge in [0, 0.05) is 12.7 Å². The second-order valence-electron chi connectivity index (χ2n) is 6.88. The molecule has 31 heavy (non-hydrogen) atoms. The van der Waals surface area contributed by atoms with Gasteiger partial charge in [-0.25, -0.2) is 9.18 Å². The fourth-order valence-electron chi connectivity index (χ4n) is 3.19. The minimum Gasteiger partial charge on any atom is -0.391 e. The number of thiazole rings is 1. The Labute approximate surface area is 179 Å². The van der Waals surface area contributed by atoms with E-state index in [1.54, 1.807) is 36.4 Å². The van der Waals surface area contributed by atoms with Crippen molar-refractivity contribution in [1.82, 2.24) is 14.3 Å². The molecule has 0 saturated carbocycles. The van der Waals surface area contributed by atoms with E-state index >= 15 is 0 Å². The van der Waals surface area contributed by atoms with E-state index in [-0.39, 0.29) is 34.2 Å². The summed E-state index contributed by atoms with van der Waals surface area (Å²) in [6.45, 7) is -0.332. The summed E-state index contributed by atoms with van der Waals surface area (Å²) < 4.78 is 15.3. The Hall–Kier alpha value is -3.56. The minimum atomic E-state index is -0.588. The Balaban J connectivity index is 1.68. The zero-order chi connectivity index (χ0) is 22.0. The molecule has 0 unspecified atom stereocenters. The summed E-state index contributed by atoms with van der Waals surface area (Å²) >= 11 is 0.955. The Morgan fingerprint density at radius 3 is 2.42 bits per heavy atom. The Morgan fingerprint density at radius 2 is 1.74 bits per heavy atom. The Bertz CT molecular complexity index is 1360. The van der Waals surface area contributed by atoms with Crippen LogP contribution in [0.2, 0.25) is 0 Å². The molecule has 0 aliphatic heterocycles. The van der Waals surface area contributed by atoms with Crippen LogP contribution in [0, 0.1) is 5.82 Å². The molecule has 158 valence electrons. The smallest absolute Gasteiger partial charge is 0.336 e. The van der Waals surface area contributed by atoms with E-state index in [0.717, 1.165) is 21.5 Å². The molecular weight excluding hydrogens is 421 g/mol. The van der Waals surface area contributed by atoms with Gasteiger partial charge in [0.15, 0.2) is 0 Å². The van der Waals surface area contributed by atoms with E-state index in [0.29, 0.717) is 5.56 Å². The summed E-state index contributed by atoms with van der Waals surface area (Å²) in [4.78, 5) is 38.8. The summed E-state index contributed by atoms with van der Waals surface area (Å²) in [6.07, 6.45) is 1.36. The summed E-state index contributed by atoms with van der Waals surface area (Å²) in [5.74, 6) is -0.809. The lowest BCUT2D eigenvalue weighted by Crippen LogP contribution is -2.39. The SMILES string of the molecule is O=C(NCc1ccc(F)cc1)c1cn2c(=O)n(Cc3ccccc3)c(=O)c(CO)c2s1. The predicted octanol–water partition coefficient (Wildman–Crippen LogP) is 2.13. The zero-order valence-electron chi connectivity index (χ0n) is 16.2. The molecule has 7 nitrogen and oxygen atoms in total. The molecule has 2 heterocycles. The zero-order valence-corrected chi connectivity index (χ0v) is 17.1. The van der Waals surface area contributed by atoms with Gasteiger partial charge in [-0.15, -0.1) is 11.3 Å². The number of carbonyl (C=O) groups excluding carboxylic acids is 1. The van der Waals surface area contributed by atoms with Crippen LogP contribution in [0.1, 0.15) is 26.4 Å². The van der Waals surface area contributed by atoms with Gasteiger partial charge in [0.1, 0.15) is 15.5 Å². The van der Waals surface area contributed by atoms with Crippen LogP contribution in [-0.2, 0) is 19.7 Å². The van der Waals surface area contributed by atoms with E-state index < -0.39 is 23.8 Å². The van der Waals surface area contributed by atoms with Gasteiger partial charge in [0.25, 0.3) is 11.5 Å². The third kappa shape index (κ3) is 4.18. The lowest BCUT2D eigenvalue weighted by molar-refractivity contribution is 0.0954. The molecule has 0 spiro atoms. The number of fused-ring (bicyclic) bond motifs is 1. The molecule has 4 rings (SSSR count). The molecule has 2 aromatic carbocycles. The lowest BCUT2D eigenvalue weighted by atomic mass is 10.2. The molecule has 0 aliphatic rings. The standard InChI is InChI=1S/C22H18FN3O4S/c23-16-8-6-14(7-9-16)10-24-19(28)18-12-26-21(31-18)17(13-27)20(29)25(22(26)30)11-15-4-2-1-3-5-15/h1-9,12,27H,10-11,13H2,(H,24,28). The monoisotopic (exact) mass is 439 g/mol. The fraction of sp³-hybridized carbons (Fsp3) is 0.136. The van der Waals surface area contributed by atoms with Crippen molar-refractivity contribution in [3.05, 3.63) is 109 Å². The summed E-state index contributed by atoms with van der Waals surface area (Å²) in [5, 5.41) is 12.5. The molecule has 0 atom stereocenters. The van der Waals surface area contributed by atoms with E-state index in [2.05, 4.69) is 5.32 Å². The largest absolute Gasteiger partial charge is 0.391 e. The molecule has 0 bridgehead atoms. The summed E-state index contributed by atoms with van der Waals surface area (Å²) in [6, 6.07) is 14.7. The van der Waals surface area contributed by atoms with Crippen LogP contribution in [0.25, 0.3) is 4.83 Å². The van der Waals surface area contributed by atoms with Crippen molar-refractivity contribution >= 4 is 22.1 Å². The maximum Gasteiger partial charge on any atom is 0.336 e. The van der Waals surface area contributed by atoms with E-state index in [1.165, 1.54) is 22.7 Å². The third-order valence-corrected chi connectivity index (χ3v) is 5.95. The lowest BCUT2D eigenvalue weighted by Gasteiger charge is -2.08. The van der Waals surface area contributed by atoms with Crippen LogP contribution in [-0.4, -0.2) is 20.0 Å². The molecular formula is C22H18FN3O4S. The molecule has 2 aromatic heterocycles. The van der Waals surface area contributed by atoms with Crippen LogP contribution in [0.4, 0.5) is 4.39 Å². The Morgan fingerprint density at radius 1 is 1.03 bits per heavy atom. The molecule has 0 fully saturated rings. The number of hydrogen-bond donors (Lipinski definition) is 2. The first kappa shape index (κ1) is 20.7. The summed E-state index contributed by atoms with van der Waals surface area (Å²) in [5.41, 5.74) is 0.356. The molecule has 0 aliphatic carbocycles. The highest BCUT2D eigenvalue weighted by Crippen LogP contribution is 2.19. The average Bonchev–Trinajstić information content (AvgIpc) is 3.23. The van der Waals surface area contributed by atoms with E-state index in [9.17, 15) is 23.9 Å². The van der Waals surface area contributed by atoms with Gasteiger partial charge < -0.3 is 10.4 Å². The van der Waals surface area contributed by atoms with Crippen molar-refractivity contribution in [1.29, 1.82) is 0 Å². The number of hydrogen-bond acceptors (Lipinski definition) is 5. The quantitative estimate of drug-likeness (QED) is 0.481. The normalized spacial score (nSPS) is 11.0.